The normalized spacial score (nSPS) is 10.3. The largest absolute Gasteiger partial charge is 0.399 e. The minimum Gasteiger partial charge on any atom is -0.399 e. The lowest BCUT2D eigenvalue weighted by molar-refractivity contribution is 0.102. The molecule has 0 saturated carbocycles. The predicted molar refractivity (Wildman–Crippen MR) is 82.7 cm³/mol. The zero-order valence-corrected chi connectivity index (χ0v) is 12.5. The molecule has 3 nitrogen and oxygen atoms in total. The highest BCUT2D eigenvalue weighted by Crippen LogP contribution is 2.24. The number of carbonyl (C=O) groups excluding carboxylic acids is 1. The molecule has 0 atom stereocenters. The van der Waals surface area contributed by atoms with Gasteiger partial charge in [0.2, 0.25) is 0 Å². The van der Waals surface area contributed by atoms with E-state index in [0.29, 0.717) is 22.0 Å². The van der Waals surface area contributed by atoms with E-state index in [1.807, 2.05) is 25.1 Å². The molecule has 0 saturated heterocycles. The smallest absolute Gasteiger partial charge is 0.255 e. The molecule has 0 spiro atoms. The molecule has 3 N–H and O–H groups in total. The van der Waals surface area contributed by atoms with Crippen LogP contribution in [0.4, 0.5) is 11.4 Å². The van der Waals surface area contributed by atoms with Crippen molar-refractivity contribution in [2.75, 3.05) is 11.1 Å². The maximum Gasteiger partial charge on any atom is 0.255 e. The Morgan fingerprint density at radius 1 is 1.26 bits per heavy atom. The predicted octanol–water partition coefficient (Wildman–Crippen LogP) is 4.25. The van der Waals surface area contributed by atoms with Crippen molar-refractivity contribution in [3.8, 4) is 0 Å². The van der Waals surface area contributed by atoms with Crippen LogP contribution in [0.15, 0.2) is 40.9 Å². The van der Waals surface area contributed by atoms with E-state index in [1.54, 1.807) is 18.2 Å². The van der Waals surface area contributed by atoms with Crippen LogP contribution in [0, 0.1) is 6.92 Å². The third-order valence-electron chi connectivity index (χ3n) is 2.56. The number of anilines is 2. The highest BCUT2D eigenvalue weighted by atomic mass is 79.9. The fourth-order valence-electron chi connectivity index (χ4n) is 1.66. The molecule has 1 amide bonds. The molecular formula is C14H12BrClN2O. The number of halogens is 2. The SMILES string of the molecule is Cc1ccc(NC(=O)c2cc(N)cc(Cl)c2)c(Br)c1. The summed E-state index contributed by atoms with van der Waals surface area (Å²) in [6.45, 7) is 1.98. The minimum absolute atomic E-state index is 0.251. The van der Waals surface area contributed by atoms with Gasteiger partial charge >= 0.3 is 0 Å². The molecule has 0 radical (unpaired) electrons. The van der Waals surface area contributed by atoms with Gasteiger partial charge in [-0.05, 0) is 58.7 Å². The highest BCUT2D eigenvalue weighted by molar-refractivity contribution is 9.10. The molecule has 0 unspecified atom stereocenters. The van der Waals surface area contributed by atoms with E-state index in [-0.39, 0.29) is 5.91 Å². The summed E-state index contributed by atoms with van der Waals surface area (Å²) < 4.78 is 0.829. The highest BCUT2D eigenvalue weighted by Gasteiger charge is 2.09. The van der Waals surface area contributed by atoms with Crippen LogP contribution in [0.2, 0.25) is 5.02 Å². The number of hydrogen-bond donors (Lipinski definition) is 2. The summed E-state index contributed by atoms with van der Waals surface area (Å²) in [7, 11) is 0. The molecule has 2 aromatic rings. The molecule has 0 aliphatic carbocycles. The zero-order chi connectivity index (χ0) is 14.0. The lowest BCUT2D eigenvalue weighted by Crippen LogP contribution is -2.12. The number of rotatable bonds is 2. The minimum atomic E-state index is -0.251. The van der Waals surface area contributed by atoms with Crippen molar-refractivity contribution in [1.82, 2.24) is 0 Å². The number of nitrogens with one attached hydrogen (secondary N) is 1. The Morgan fingerprint density at radius 2 is 2.00 bits per heavy atom. The molecule has 0 bridgehead atoms. The second-order valence-corrected chi connectivity index (χ2v) is 5.50. The number of benzene rings is 2. The van der Waals surface area contributed by atoms with Gasteiger partial charge < -0.3 is 11.1 Å². The van der Waals surface area contributed by atoms with E-state index in [1.165, 1.54) is 0 Å². The van der Waals surface area contributed by atoms with E-state index in [9.17, 15) is 4.79 Å². The van der Waals surface area contributed by atoms with E-state index in [4.69, 9.17) is 17.3 Å². The third-order valence-corrected chi connectivity index (χ3v) is 3.43. The number of carbonyl (C=O) groups is 1. The quantitative estimate of drug-likeness (QED) is 0.804. The fourth-order valence-corrected chi connectivity index (χ4v) is 2.50. The Balaban J connectivity index is 2.25. The van der Waals surface area contributed by atoms with Gasteiger partial charge in [0.05, 0.1) is 5.69 Å². The van der Waals surface area contributed by atoms with E-state index in [2.05, 4.69) is 21.2 Å². The van der Waals surface area contributed by atoms with Crippen LogP contribution < -0.4 is 11.1 Å². The van der Waals surface area contributed by atoms with Gasteiger partial charge in [-0.15, -0.1) is 0 Å². The van der Waals surface area contributed by atoms with Crippen LogP contribution in [0.5, 0.6) is 0 Å². The summed E-state index contributed by atoms with van der Waals surface area (Å²) in [6.07, 6.45) is 0. The Kier molecular flexibility index (Phi) is 4.12. The average Bonchev–Trinajstić information content (AvgIpc) is 2.31. The van der Waals surface area contributed by atoms with Gasteiger partial charge in [-0.25, -0.2) is 0 Å². The standard InChI is InChI=1S/C14H12BrClN2O/c1-8-2-3-13(12(15)4-8)18-14(19)9-5-10(16)7-11(17)6-9/h2-7H,17H2,1H3,(H,18,19). The number of amides is 1. The zero-order valence-electron chi connectivity index (χ0n) is 10.2. The fraction of sp³-hybridized carbons (Fsp3) is 0.0714. The molecule has 5 heteroatoms. The Labute approximate surface area is 124 Å². The Morgan fingerprint density at radius 3 is 2.63 bits per heavy atom. The molecule has 2 rings (SSSR count). The number of aryl methyl sites for hydroxylation is 1. The van der Waals surface area contributed by atoms with Gasteiger partial charge in [0.25, 0.3) is 5.91 Å². The maximum atomic E-state index is 12.1. The van der Waals surface area contributed by atoms with Crippen molar-refractivity contribution in [2.45, 2.75) is 6.92 Å². The van der Waals surface area contributed by atoms with Crippen LogP contribution in [0.25, 0.3) is 0 Å². The Bertz CT molecular complexity index is 623. The average molecular weight is 340 g/mol. The van der Waals surface area contributed by atoms with Gasteiger partial charge in [0.1, 0.15) is 0 Å². The molecule has 0 aromatic heterocycles. The molecular weight excluding hydrogens is 328 g/mol. The van der Waals surface area contributed by atoms with Crippen LogP contribution in [0.3, 0.4) is 0 Å². The topological polar surface area (TPSA) is 55.1 Å². The number of hydrogen-bond acceptors (Lipinski definition) is 2. The van der Waals surface area contributed by atoms with E-state index in [0.717, 1.165) is 10.0 Å². The lowest BCUT2D eigenvalue weighted by atomic mass is 10.1. The third kappa shape index (κ3) is 3.49. The summed E-state index contributed by atoms with van der Waals surface area (Å²) in [4.78, 5) is 12.1. The van der Waals surface area contributed by atoms with Crippen molar-refractivity contribution >= 4 is 44.8 Å². The summed E-state index contributed by atoms with van der Waals surface area (Å²) in [6, 6.07) is 10.5. The first-order chi connectivity index (χ1) is 8.95. The monoisotopic (exact) mass is 338 g/mol. The van der Waals surface area contributed by atoms with Gasteiger partial charge in [-0.1, -0.05) is 17.7 Å². The number of nitrogens with two attached hydrogens (primary N) is 1. The number of nitrogen functional groups attached to an aromatic ring is 1. The summed E-state index contributed by atoms with van der Waals surface area (Å²) in [5, 5.41) is 3.25. The van der Waals surface area contributed by atoms with Gasteiger partial charge in [0.15, 0.2) is 0 Å². The van der Waals surface area contributed by atoms with Gasteiger partial charge in [-0.2, -0.15) is 0 Å². The Hall–Kier alpha value is -1.52. The van der Waals surface area contributed by atoms with Crippen LogP contribution >= 0.6 is 27.5 Å². The summed E-state index contributed by atoms with van der Waals surface area (Å²) in [5.74, 6) is -0.251. The molecule has 0 aliphatic rings. The molecule has 2 aromatic carbocycles. The van der Waals surface area contributed by atoms with E-state index < -0.39 is 0 Å². The second kappa shape index (κ2) is 5.63. The molecule has 19 heavy (non-hydrogen) atoms. The van der Waals surface area contributed by atoms with Crippen molar-refractivity contribution in [3.63, 3.8) is 0 Å². The van der Waals surface area contributed by atoms with E-state index >= 15 is 0 Å². The first kappa shape index (κ1) is 13.9. The molecule has 0 fully saturated rings. The second-order valence-electron chi connectivity index (χ2n) is 4.21. The first-order valence-corrected chi connectivity index (χ1v) is 6.76. The van der Waals surface area contributed by atoms with Gasteiger partial charge in [0, 0.05) is 20.7 Å². The molecule has 0 heterocycles. The summed E-state index contributed by atoms with van der Waals surface area (Å²) in [5.41, 5.74) is 8.36. The first-order valence-electron chi connectivity index (χ1n) is 5.59. The molecule has 98 valence electrons. The maximum absolute atomic E-state index is 12.1. The lowest BCUT2D eigenvalue weighted by Gasteiger charge is -2.09. The van der Waals surface area contributed by atoms with Crippen molar-refractivity contribution < 1.29 is 4.79 Å². The van der Waals surface area contributed by atoms with Crippen LogP contribution in [-0.2, 0) is 0 Å². The van der Waals surface area contributed by atoms with Crippen molar-refractivity contribution in [3.05, 3.63) is 57.0 Å². The summed E-state index contributed by atoms with van der Waals surface area (Å²) >= 11 is 9.29. The van der Waals surface area contributed by atoms with Gasteiger partial charge in [-0.3, -0.25) is 4.79 Å². The van der Waals surface area contributed by atoms with Crippen LogP contribution in [-0.4, -0.2) is 5.91 Å². The van der Waals surface area contributed by atoms with Crippen molar-refractivity contribution in [1.29, 1.82) is 0 Å². The van der Waals surface area contributed by atoms with Crippen molar-refractivity contribution in [2.24, 2.45) is 0 Å². The molecule has 0 aliphatic heterocycles. The van der Waals surface area contributed by atoms with Crippen LogP contribution in [0.1, 0.15) is 15.9 Å².